The lowest BCUT2D eigenvalue weighted by Gasteiger charge is -2.24. The summed E-state index contributed by atoms with van der Waals surface area (Å²) in [5, 5.41) is 23.4. The van der Waals surface area contributed by atoms with E-state index >= 15 is 0 Å². The smallest absolute Gasteiger partial charge is 0.142 e. The summed E-state index contributed by atoms with van der Waals surface area (Å²) in [6, 6.07) is 11.7. The van der Waals surface area contributed by atoms with Gasteiger partial charge >= 0.3 is 0 Å². The summed E-state index contributed by atoms with van der Waals surface area (Å²) >= 11 is 6.08. The van der Waals surface area contributed by atoms with E-state index in [-0.39, 0.29) is 11.5 Å². The molecule has 2 aromatic carbocycles. The van der Waals surface area contributed by atoms with Crippen LogP contribution in [0.2, 0.25) is 0 Å². The van der Waals surface area contributed by atoms with Crippen LogP contribution in [0.25, 0.3) is 21.8 Å². The van der Waals surface area contributed by atoms with Gasteiger partial charge in [-0.3, -0.25) is 19.8 Å². The number of fused-ring (bicyclic) bond motifs is 2. The quantitative estimate of drug-likeness (QED) is 0.250. The number of thioether (sulfide) groups is 3. The molecule has 254 valence electrons. The fourth-order valence-corrected chi connectivity index (χ4v) is 9.11. The first-order valence-corrected chi connectivity index (χ1v) is 19.9. The van der Waals surface area contributed by atoms with Crippen LogP contribution in [0.1, 0.15) is 22.3 Å². The lowest BCUT2D eigenvalue weighted by Crippen LogP contribution is -2.31. The summed E-state index contributed by atoms with van der Waals surface area (Å²) in [6.07, 6.45) is 3.45. The highest BCUT2D eigenvalue weighted by molar-refractivity contribution is 8.04. The normalized spacial score (nSPS) is 18.3. The Labute approximate surface area is 292 Å². The molecule has 11 heteroatoms. The zero-order valence-corrected chi connectivity index (χ0v) is 30.1. The maximum absolute atomic E-state index is 10.7. The number of hydrogen-bond donors (Lipinski definition) is 2. The molecule has 8 nitrogen and oxygen atoms in total. The highest BCUT2D eigenvalue weighted by Crippen LogP contribution is 2.30. The summed E-state index contributed by atoms with van der Waals surface area (Å²) in [4.78, 5) is 13.6. The van der Waals surface area contributed by atoms with Crippen LogP contribution < -0.4 is 0 Å². The van der Waals surface area contributed by atoms with Crippen LogP contribution in [0.15, 0.2) is 48.8 Å². The third-order valence-corrected chi connectivity index (χ3v) is 12.0. The predicted octanol–water partition coefficient (Wildman–Crippen LogP) is 6.36. The highest BCUT2D eigenvalue weighted by Gasteiger charge is 2.15. The molecule has 0 spiro atoms. The molecule has 0 aliphatic carbocycles. The van der Waals surface area contributed by atoms with Crippen molar-refractivity contribution in [2.45, 2.75) is 26.9 Å². The molecule has 1 aliphatic heterocycles. The molecule has 4 aromatic rings. The van der Waals surface area contributed by atoms with E-state index in [1.807, 2.05) is 71.7 Å². The van der Waals surface area contributed by atoms with Gasteiger partial charge in [0.05, 0.1) is 26.4 Å². The third-order valence-electron chi connectivity index (χ3n) is 8.61. The first-order chi connectivity index (χ1) is 23.0. The number of nitrogens with zero attached hydrogens (tertiary/aromatic N) is 4. The van der Waals surface area contributed by atoms with Crippen LogP contribution in [0.3, 0.4) is 0 Å². The summed E-state index contributed by atoms with van der Waals surface area (Å²) in [6.45, 7) is 11.7. The minimum absolute atomic E-state index is 0.240. The van der Waals surface area contributed by atoms with Gasteiger partial charge in [0, 0.05) is 97.0 Å². The lowest BCUT2D eigenvalue weighted by atomic mass is 10.0. The number of phenols is 2. The maximum Gasteiger partial charge on any atom is 0.142 e. The monoisotopic (exact) mass is 696 g/mol. The van der Waals surface area contributed by atoms with Crippen molar-refractivity contribution in [2.75, 3.05) is 87.1 Å². The molecule has 0 bridgehead atoms. The molecule has 0 atom stereocenters. The van der Waals surface area contributed by atoms with E-state index < -0.39 is 0 Å². The number of phenolic OH excluding ortho intramolecular Hbond substituents is 2. The molecule has 47 heavy (non-hydrogen) atoms. The van der Waals surface area contributed by atoms with Gasteiger partial charge in [0.1, 0.15) is 22.5 Å². The molecule has 0 amide bonds. The third kappa shape index (κ3) is 10.6. The molecule has 1 saturated heterocycles. The fourth-order valence-electron chi connectivity index (χ4n) is 5.84. The van der Waals surface area contributed by atoms with E-state index in [9.17, 15) is 10.2 Å². The highest BCUT2D eigenvalue weighted by atomic mass is 32.2. The van der Waals surface area contributed by atoms with E-state index in [2.05, 4.69) is 33.6 Å². The second kappa shape index (κ2) is 19.1. The van der Waals surface area contributed by atoms with Gasteiger partial charge in [0.2, 0.25) is 0 Å². The van der Waals surface area contributed by atoms with Crippen LogP contribution in [0.5, 0.6) is 11.5 Å². The van der Waals surface area contributed by atoms with Gasteiger partial charge in [-0.15, -0.1) is 0 Å². The van der Waals surface area contributed by atoms with Gasteiger partial charge in [-0.2, -0.15) is 35.3 Å². The molecule has 0 saturated carbocycles. The molecule has 1 fully saturated rings. The molecule has 2 aromatic heterocycles. The van der Waals surface area contributed by atoms with Gasteiger partial charge in [0.25, 0.3) is 0 Å². The number of aromatic hydroxyl groups is 2. The summed E-state index contributed by atoms with van der Waals surface area (Å²) < 4.78 is 12.1. The van der Waals surface area contributed by atoms with E-state index in [0.717, 1.165) is 84.2 Å². The number of aromatic nitrogens is 2. The molecule has 0 unspecified atom stereocenters. The van der Waals surface area contributed by atoms with Crippen molar-refractivity contribution in [3.05, 3.63) is 71.0 Å². The van der Waals surface area contributed by atoms with Crippen molar-refractivity contribution in [1.29, 1.82) is 0 Å². The Morgan fingerprint density at radius 1 is 0.617 bits per heavy atom. The Kier molecular flexibility index (Phi) is 14.6. The maximum atomic E-state index is 10.7. The number of aryl methyl sites for hydroxylation is 2. The summed E-state index contributed by atoms with van der Waals surface area (Å²) in [5.41, 5.74) is 5.92. The summed E-state index contributed by atoms with van der Waals surface area (Å²) in [7, 11) is 0. The Morgan fingerprint density at radius 2 is 1.04 bits per heavy atom. The number of hydrogen-bond acceptors (Lipinski definition) is 11. The average Bonchev–Trinajstić information content (AvgIpc) is 3.08. The standard InChI is InChI=1S/C36H48N4O4S3/c1-27-29(23-33(41)35-31(27)5-3-7-37-35)25-39-9-13-43-15-16-44-14-10-40(12-18-46-20-22-47-21-19-45-17-11-39)26-30-24-34(42)36-32(28(30)2)6-4-8-38-36/h3-8,23-24,41-42H,9-22,25-26H2,1-2H3. The van der Waals surface area contributed by atoms with Gasteiger partial charge in [-0.1, -0.05) is 12.1 Å². The van der Waals surface area contributed by atoms with Crippen LogP contribution in [0, 0.1) is 13.8 Å². The first kappa shape index (κ1) is 36.0. The van der Waals surface area contributed by atoms with Crippen molar-refractivity contribution in [3.8, 4) is 11.5 Å². The van der Waals surface area contributed by atoms with E-state index in [4.69, 9.17) is 9.47 Å². The lowest BCUT2D eigenvalue weighted by molar-refractivity contribution is 0.0308. The Morgan fingerprint density at radius 3 is 1.49 bits per heavy atom. The predicted molar refractivity (Wildman–Crippen MR) is 200 cm³/mol. The topological polar surface area (TPSA) is 91.2 Å². The van der Waals surface area contributed by atoms with Crippen molar-refractivity contribution < 1.29 is 19.7 Å². The van der Waals surface area contributed by atoms with Crippen LogP contribution in [-0.4, -0.2) is 117 Å². The van der Waals surface area contributed by atoms with Crippen LogP contribution >= 0.6 is 35.3 Å². The SMILES string of the molecule is Cc1c(CN2CCOCCOCCN(Cc3cc(O)c4ncccc4c3C)CCSCCSCCSCC2)cc(O)c2ncccc12. The molecular formula is C36H48N4O4S3. The number of pyridine rings is 2. The van der Waals surface area contributed by atoms with Gasteiger partial charge < -0.3 is 19.7 Å². The van der Waals surface area contributed by atoms with Crippen molar-refractivity contribution in [1.82, 2.24) is 19.8 Å². The summed E-state index contributed by atoms with van der Waals surface area (Å²) in [5.74, 6) is 7.26. The molecule has 0 radical (unpaired) electrons. The zero-order chi connectivity index (χ0) is 32.8. The molecular weight excluding hydrogens is 649 g/mol. The van der Waals surface area contributed by atoms with E-state index in [0.29, 0.717) is 37.5 Å². The first-order valence-electron chi connectivity index (χ1n) is 16.5. The number of ether oxygens (including phenoxy) is 2. The number of benzene rings is 2. The zero-order valence-electron chi connectivity index (χ0n) is 27.7. The average molecular weight is 697 g/mol. The van der Waals surface area contributed by atoms with Gasteiger partial charge in [0.15, 0.2) is 0 Å². The fraction of sp³-hybridized carbons (Fsp3) is 0.500. The second-order valence-electron chi connectivity index (χ2n) is 11.8. The molecule has 5 rings (SSSR count). The van der Waals surface area contributed by atoms with E-state index in [1.165, 1.54) is 22.6 Å². The number of rotatable bonds is 4. The Balaban J connectivity index is 1.16. The Bertz CT molecular complexity index is 1460. The molecule has 3 heterocycles. The molecule has 1 aliphatic rings. The molecule has 2 N–H and O–H groups in total. The van der Waals surface area contributed by atoms with Crippen LogP contribution in [0.4, 0.5) is 0 Å². The minimum atomic E-state index is 0.240. The van der Waals surface area contributed by atoms with Crippen molar-refractivity contribution in [2.24, 2.45) is 0 Å². The van der Waals surface area contributed by atoms with Crippen molar-refractivity contribution in [3.63, 3.8) is 0 Å². The van der Waals surface area contributed by atoms with Gasteiger partial charge in [-0.25, -0.2) is 0 Å². The second-order valence-corrected chi connectivity index (χ2v) is 15.4. The largest absolute Gasteiger partial charge is 0.506 e. The van der Waals surface area contributed by atoms with Gasteiger partial charge in [-0.05, 0) is 60.4 Å². The minimum Gasteiger partial charge on any atom is -0.506 e. The Hall–Kier alpha value is -2.25. The van der Waals surface area contributed by atoms with Crippen LogP contribution in [-0.2, 0) is 22.6 Å². The van der Waals surface area contributed by atoms with E-state index in [1.54, 1.807) is 12.4 Å². The van der Waals surface area contributed by atoms with Crippen molar-refractivity contribution >= 4 is 57.1 Å².